The number of hydrogen-bond donors (Lipinski definition) is 1. The van der Waals surface area contributed by atoms with Gasteiger partial charge in [0.15, 0.2) is 0 Å². The van der Waals surface area contributed by atoms with Crippen LogP contribution in [-0.4, -0.2) is 37.3 Å². The number of rotatable bonds is 4. The van der Waals surface area contributed by atoms with Gasteiger partial charge in [-0.3, -0.25) is 0 Å². The normalized spacial score (nSPS) is 20.2. The minimum atomic E-state index is -3.39. The van der Waals surface area contributed by atoms with Gasteiger partial charge in [-0.1, -0.05) is 0 Å². The molecule has 114 valence electrons. The van der Waals surface area contributed by atoms with E-state index in [9.17, 15) is 8.42 Å². The monoisotopic (exact) mass is 343 g/mol. The number of hydrogen-bond acceptors (Lipinski definition) is 6. The smallest absolute Gasteiger partial charge is 0.252 e. The minimum Gasteiger partial charge on any atom is -0.330 e. The Balaban J connectivity index is 1.85. The van der Waals surface area contributed by atoms with Crippen LogP contribution in [0.3, 0.4) is 0 Å². The second-order valence-corrected chi connectivity index (χ2v) is 9.43. The van der Waals surface area contributed by atoms with Crippen molar-refractivity contribution in [3.63, 3.8) is 0 Å². The lowest BCUT2D eigenvalue weighted by atomic mass is 10.1. The predicted octanol–water partition coefficient (Wildman–Crippen LogP) is 2.15. The molecular weight excluding hydrogens is 326 g/mol. The van der Waals surface area contributed by atoms with E-state index in [1.165, 1.54) is 11.3 Å². The number of nitrogens with zero attached hydrogens (tertiary/aromatic N) is 2. The summed E-state index contributed by atoms with van der Waals surface area (Å²) in [6, 6.07) is 3.52. The van der Waals surface area contributed by atoms with Gasteiger partial charge >= 0.3 is 0 Å². The van der Waals surface area contributed by atoms with Crippen LogP contribution < -0.4 is 5.73 Å². The zero-order chi connectivity index (χ0) is 15.0. The predicted molar refractivity (Wildman–Crippen MR) is 86.1 cm³/mol. The fourth-order valence-electron chi connectivity index (χ4n) is 2.41. The molecule has 2 aromatic heterocycles. The second-order valence-electron chi connectivity index (χ2n) is 5.12. The van der Waals surface area contributed by atoms with Gasteiger partial charge in [0.2, 0.25) is 0 Å². The van der Waals surface area contributed by atoms with Gasteiger partial charge in [-0.05, 0) is 37.9 Å². The number of aryl methyl sites for hydroxylation is 1. The average molecular weight is 343 g/mol. The standard InChI is InChI=1S/C13H17N3O2S3/c1-9-15-11(8-19-9)12-2-3-13(20-12)21(17,18)16-5-4-10(6-14)7-16/h2-3,8,10H,4-7,14H2,1H3. The average Bonchev–Trinajstić information content (AvgIpc) is 3.18. The van der Waals surface area contributed by atoms with Gasteiger partial charge in [-0.15, -0.1) is 22.7 Å². The molecule has 0 aromatic carbocycles. The van der Waals surface area contributed by atoms with E-state index < -0.39 is 10.0 Å². The van der Waals surface area contributed by atoms with Gasteiger partial charge in [0.1, 0.15) is 4.21 Å². The first-order valence-corrected chi connectivity index (χ1v) is 9.87. The lowest BCUT2D eigenvalue weighted by Crippen LogP contribution is -2.29. The maximum absolute atomic E-state index is 12.6. The van der Waals surface area contributed by atoms with Crippen molar-refractivity contribution in [2.24, 2.45) is 11.7 Å². The first-order chi connectivity index (χ1) is 10.0. The highest BCUT2D eigenvalue weighted by Crippen LogP contribution is 2.34. The third-order valence-electron chi connectivity index (χ3n) is 3.63. The molecule has 1 saturated heterocycles. The van der Waals surface area contributed by atoms with Gasteiger partial charge in [0.05, 0.1) is 15.6 Å². The summed E-state index contributed by atoms with van der Waals surface area (Å²) in [6.07, 6.45) is 0.846. The quantitative estimate of drug-likeness (QED) is 0.923. The molecule has 21 heavy (non-hydrogen) atoms. The van der Waals surface area contributed by atoms with E-state index in [2.05, 4.69) is 4.98 Å². The molecule has 2 N–H and O–H groups in total. The van der Waals surface area contributed by atoms with Crippen molar-refractivity contribution in [2.45, 2.75) is 17.6 Å². The molecule has 8 heteroatoms. The van der Waals surface area contributed by atoms with Crippen molar-refractivity contribution in [1.82, 2.24) is 9.29 Å². The van der Waals surface area contributed by atoms with Crippen LogP contribution in [0.15, 0.2) is 21.7 Å². The van der Waals surface area contributed by atoms with E-state index in [1.54, 1.807) is 21.7 Å². The molecule has 1 aliphatic rings. The van der Waals surface area contributed by atoms with E-state index in [4.69, 9.17) is 5.73 Å². The summed E-state index contributed by atoms with van der Waals surface area (Å²) in [6.45, 7) is 3.57. The van der Waals surface area contributed by atoms with Gasteiger partial charge in [0, 0.05) is 18.5 Å². The Bertz CT molecular complexity index is 735. The maximum Gasteiger partial charge on any atom is 0.252 e. The molecule has 1 fully saturated rings. The Hall–Kier alpha value is -0.800. The highest BCUT2D eigenvalue weighted by Gasteiger charge is 2.32. The number of aromatic nitrogens is 1. The molecule has 0 amide bonds. The van der Waals surface area contributed by atoms with Crippen LogP contribution in [0, 0.1) is 12.8 Å². The molecule has 3 rings (SSSR count). The summed E-state index contributed by atoms with van der Waals surface area (Å²) in [5.74, 6) is 0.278. The summed E-state index contributed by atoms with van der Waals surface area (Å²) >= 11 is 2.85. The van der Waals surface area contributed by atoms with Gasteiger partial charge in [-0.25, -0.2) is 13.4 Å². The Kier molecular flexibility index (Phi) is 4.15. The first kappa shape index (κ1) is 15.1. The van der Waals surface area contributed by atoms with Gasteiger partial charge in [-0.2, -0.15) is 4.31 Å². The van der Waals surface area contributed by atoms with Crippen molar-refractivity contribution in [2.75, 3.05) is 19.6 Å². The Morgan fingerprint density at radius 3 is 2.90 bits per heavy atom. The maximum atomic E-state index is 12.6. The van der Waals surface area contributed by atoms with Crippen LogP contribution in [0.4, 0.5) is 0 Å². The Morgan fingerprint density at radius 1 is 1.48 bits per heavy atom. The van der Waals surface area contributed by atoms with Gasteiger partial charge < -0.3 is 5.73 Å². The highest BCUT2D eigenvalue weighted by atomic mass is 32.2. The molecule has 0 spiro atoms. The van der Waals surface area contributed by atoms with Crippen LogP contribution in [0.25, 0.3) is 10.6 Å². The fraction of sp³-hybridized carbons (Fsp3) is 0.462. The number of thiophene rings is 1. The van der Waals surface area contributed by atoms with Crippen molar-refractivity contribution in [3.05, 3.63) is 22.5 Å². The molecule has 2 aromatic rings. The number of thiazole rings is 1. The van der Waals surface area contributed by atoms with Crippen LogP contribution in [-0.2, 0) is 10.0 Å². The highest BCUT2D eigenvalue weighted by molar-refractivity contribution is 7.91. The van der Waals surface area contributed by atoms with Crippen molar-refractivity contribution >= 4 is 32.7 Å². The second kappa shape index (κ2) is 5.77. The van der Waals surface area contributed by atoms with Crippen LogP contribution in [0.2, 0.25) is 0 Å². The van der Waals surface area contributed by atoms with E-state index in [-0.39, 0.29) is 5.92 Å². The summed E-state index contributed by atoms with van der Waals surface area (Å²) < 4.78 is 27.2. The van der Waals surface area contributed by atoms with Crippen molar-refractivity contribution < 1.29 is 8.42 Å². The number of nitrogens with two attached hydrogens (primary N) is 1. The summed E-state index contributed by atoms with van der Waals surface area (Å²) in [5, 5.41) is 2.94. The summed E-state index contributed by atoms with van der Waals surface area (Å²) in [4.78, 5) is 5.30. The van der Waals surface area contributed by atoms with Gasteiger partial charge in [0.25, 0.3) is 10.0 Å². The lowest BCUT2D eigenvalue weighted by Gasteiger charge is -2.14. The van der Waals surface area contributed by atoms with E-state index in [1.807, 2.05) is 18.4 Å². The third kappa shape index (κ3) is 2.91. The SMILES string of the molecule is Cc1nc(-c2ccc(S(=O)(=O)N3CCC(CN)C3)s2)cs1. The van der Waals surface area contributed by atoms with Crippen LogP contribution >= 0.6 is 22.7 Å². The largest absolute Gasteiger partial charge is 0.330 e. The molecule has 1 unspecified atom stereocenters. The van der Waals surface area contributed by atoms with E-state index >= 15 is 0 Å². The molecule has 0 bridgehead atoms. The molecule has 3 heterocycles. The molecule has 1 aliphatic heterocycles. The Morgan fingerprint density at radius 2 is 2.29 bits per heavy atom. The van der Waals surface area contributed by atoms with Crippen molar-refractivity contribution in [3.8, 4) is 10.6 Å². The van der Waals surface area contributed by atoms with Crippen molar-refractivity contribution in [1.29, 1.82) is 0 Å². The molecule has 5 nitrogen and oxygen atoms in total. The molecule has 0 aliphatic carbocycles. The first-order valence-electron chi connectivity index (χ1n) is 6.73. The zero-order valence-corrected chi connectivity index (χ0v) is 14.1. The summed E-state index contributed by atoms with van der Waals surface area (Å²) in [7, 11) is -3.39. The lowest BCUT2D eigenvalue weighted by molar-refractivity contribution is 0.460. The molecule has 0 saturated carbocycles. The topological polar surface area (TPSA) is 76.3 Å². The van der Waals surface area contributed by atoms with Crippen LogP contribution in [0.1, 0.15) is 11.4 Å². The molecule has 0 radical (unpaired) electrons. The molecule has 1 atom stereocenters. The van der Waals surface area contributed by atoms with E-state index in [0.717, 1.165) is 22.0 Å². The molecular formula is C13H17N3O2S3. The number of sulfonamides is 1. The van der Waals surface area contributed by atoms with E-state index in [0.29, 0.717) is 23.8 Å². The minimum absolute atomic E-state index is 0.278. The van der Waals surface area contributed by atoms with Crippen LogP contribution in [0.5, 0.6) is 0 Å². The fourth-order valence-corrected chi connectivity index (χ4v) is 6.05. The Labute approximate surface area is 132 Å². The third-order valence-corrected chi connectivity index (χ3v) is 7.84. The summed E-state index contributed by atoms with van der Waals surface area (Å²) in [5.41, 5.74) is 6.49. The zero-order valence-electron chi connectivity index (χ0n) is 11.7.